The SMILES string of the molecule is Cn1c2cc(C(C)(C)C)ccc2c2cc3ccc(C(C)(C)C)cc3cc21. The fraction of sp³-hybridized carbons (Fsp3) is 0.360. The molecule has 0 fully saturated rings. The number of aryl methyl sites for hydroxylation is 1. The first-order chi connectivity index (χ1) is 12.1. The van der Waals surface area contributed by atoms with Crippen LogP contribution >= 0.6 is 0 Å². The Kier molecular flexibility index (Phi) is 3.54. The van der Waals surface area contributed by atoms with Crippen molar-refractivity contribution in [3.63, 3.8) is 0 Å². The second-order valence-electron chi connectivity index (χ2n) is 9.72. The smallest absolute Gasteiger partial charge is 0.0495 e. The molecule has 0 bridgehead atoms. The third-order valence-electron chi connectivity index (χ3n) is 5.70. The van der Waals surface area contributed by atoms with E-state index in [1.807, 2.05) is 0 Å². The van der Waals surface area contributed by atoms with Gasteiger partial charge in [-0.15, -0.1) is 0 Å². The number of fused-ring (bicyclic) bond motifs is 4. The molecular formula is C25H29N. The molecule has 1 heteroatoms. The highest BCUT2D eigenvalue weighted by atomic mass is 14.9. The van der Waals surface area contributed by atoms with E-state index in [0.29, 0.717) is 0 Å². The zero-order valence-electron chi connectivity index (χ0n) is 17.1. The summed E-state index contributed by atoms with van der Waals surface area (Å²) in [5.74, 6) is 0. The molecule has 134 valence electrons. The van der Waals surface area contributed by atoms with E-state index in [0.717, 1.165) is 0 Å². The predicted molar refractivity (Wildman–Crippen MR) is 115 cm³/mol. The van der Waals surface area contributed by atoms with Gasteiger partial charge in [0.25, 0.3) is 0 Å². The largest absolute Gasteiger partial charge is 0.344 e. The Morgan fingerprint density at radius 2 is 1.15 bits per heavy atom. The number of benzene rings is 3. The van der Waals surface area contributed by atoms with Crippen molar-refractivity contribution < 1.29 is 0 Å². The first-order valence-corrected chi connectivity index (χ1v) is 9.53. The average Bonchev–Trinajstić information content (AvgIpc) is 2.83. The molecule has 1 nitrogen and oxygen atoms in total. The molecule has 4 aromatic rings. The molecular weight excluding hydrogens is 314 g/mol. The monoisotopic (exact) mass is 343 g/mol. The Morgan fingerprint density at radius 3 is 1.81 bits per heavy atom. The molecule has 0 radical (unpaired) electrons. The maximum absolute atomic E-state index is 2.36. The van der Waals surface area contributed by atoms with Gasteiger partial charge in [0.2, 0.25) is 0 Å². The van der Waals surface area contributed by atoms with E-state index in [2.05, 4.69) is 102 Å². The van der Waals surface area contributed by atoms with Crippen molar-refractivity contribution >= 4 is 32.6 Å². The van der Waals surface area contributed by atoms with E-state index >= 15 is 0 Å². The molecule has 26 heavy (non-hydrogen) atoms. The minimum atomic E-state index is 0.164. The fourth-order valence-corrected chi connectivity index (χ4v) is 3.88. The Balaban J connectivity index is 2.04. The van der Waals surface area contributed by atoms with Gasteiger partial charge in [-0.2, -0.15) is 0 Å². The van der Waals surface area contributed by atoms with Crippen molar-refractivity contribution in [2.45, 2.75) is 52.4 Å². The van der Waals surface area contributed by atoms with Gasteiger partial charge in [-0.05, 0) is 50.9 Å². The highest BCUT2D eigenvalue weighted by Crippen LogP contribution is 2.35. The van der Waals surface area contributed by atoms with Gasteiger partial charge in [-0.1, -0.05) is 71.9 Å². The molecule has 3 aromatic carbocycles. The minimum absolute atomic E-state index is 0.164. The van der Waals surface area contributed by atoms with E-state index in [4.69, 9.17) is 0 Å². The zero-order valence-corrected chi connectivity index (χ0v) is 17.1. The summed E-state index contributed by atoms with van der Waals surface area (Å²) in [5, 5.41) is 5.33. The number of hydrogen-bond donors (Lipinski definition) is 0. The molecule has 0 aliphatic rings. The molecule has 0 aliphatic carbocycles. The van der Waals surface area contributed by atoms with E-state index in [1.165, 1.54) is 43.7 Å². The Hall–Kier alpha value is -2.28. The van der Waals surface area contributed by atoms with Crippen LogP contribution < -0.4 is 0 Å². The third kappa shape index (κ3) is 2.61. The van der Waals surface area contributed by atoms with Gasteiger partial charge in [0.1, 0.15) is 0 Å². The van der Waals surface area contributed by atoms with Crippen LogP contribution in [0.25, 0.3) is 32.6 Å². The number of rotatable bonds is 0. The summed E-state index contributed by atoms with van der Waals surface area (Å²) in [4.78, 5) is 0. The van der Waals surface area contributed by atoms with Gasteiger partial charge >= 0.3 is 0 Å². The standard InChI is InChI=1S/C25H29N/c1-24(2,3)18-9-8-16-13-21-20-11-10-19(25(4,5)6)15-23(20)26(7)22(21)14-17(16)12-18/h8-15H,1-7H3. The van der Waals surface area contributed by atoms with Crippen molar-refractivity contribution in [1.82, 2.24) is 4.57 Å². The minimum Gasteiger partial charge on any atom is -0.344 e. The molecule has 0 N–H and O–H groups in total. The molecule has 0 amide bonds. The van der Waals surface area contributed by atoms with Crippen molar-refractivity contribution in [3.8, 4) is 0 Å². The summed E-state index contributed by atoms with van der Waals surface area (Å²) in [6.07, 6.45) is 0. The van der Waals surface area contributed by atoms with Crippen molar-refractivity contribution in [2.24, 2.45) is 7.05 Å². The van der Waals surface area contributed by atoms with E-state index < -0.39 is 0 Å². The van der Waals surface area contributed by atoms with Crippen LogP contribution in [0.15, 0.2) is 48.5 Å². The first kappa shape index (κ1) is 17.1. The number of nitrogens with zero attached hydrogens (tertiary/aromatic N) is 1. The second-order valence-corrected chi connectivity index (χ2v) is 9.72. The van der Waals surface area contributed by atoms with Crippen LogP contribution in [-0.2, 0) is 17.9 Å². The molecule has 4 rings (SSSR count). The van der Waals surface area contributed by atoms with Crippen LogP contribution in [0.5, 0.6) is 0 Å². The lowest BCUT2D eigenvalue weighted by Crippen LogP contribution is -2.10. The topological polar surface area (TPSA) is 4.93 Å². The van der Waals surface area contributed by atoms with Crippen molar-refractivity contribution in [1.29, 1.82) is 0 Å². The van der Waals surface area contributed by atoms with Crippen molar-refractivity contribution in [2.75, 3.05) is 0 Å². The average molecular weight is 344 g/mol. The quantitative estimate of drug-likeness (QED) is 0.321. The van der Waals surface area contributed by atoms with E-state index in [1.54, 1.807) is 0 Å². The molecule has 1 aromatic heterocycles. The van der Waals surface area contributed by atoms with Crippen LogP contribution in [0.3, 0.4) is 0 Å². The first-order valence-electron chi connectivity index (χ1n) is 9.53. The van der Waals surface area contributed by atoms with Gasteiger partial charge in [0, 0.05) is 28.9 Å². The highest BCUT2D eigenvalue weighted by Gasteiger charge is 2.18. The normalized spacial score (nSPS) is 13.2. The summed E-state index contributed by atoms with van der Waals surface area (Å²) in [5.41, 5.74) is 5.73. The van der Waals surface area contributed by atoms with Crippen LogP contribution in [0.1, 0.15) is 52.7 Å². The molecule has 0 saturated heterocycles. The second kappa shape index (κ2) is 5.36. The summed E-state index contributed by atoms with van der Waals surface area (Å²) >= 11 is 0. The summed E-state index contributed by atoms with van der Waals surface area (Å²) < 4.78 is 2.35. The molecule has 0 atom stereocenters. The summed E-state index contributed by atoms with van der Waals surface area (Å²) in [6, 6.07) is 18.6. The summed E-state index contributed by atoms with van der Waals surface area (Å²) in [7, 11) is 2.19. The van der Waals surface area contributed by atoms with E-state index in [9.17, 15) is 0 Å². The van der Waals surface area contributed by atoms with Gasteiger partial charge in [-0.3, -0.25) is 0 Å². The lowest BCUT2D eigenvalue weighted by Gasteiger charge is -2.19. The van der Waals surface area contributed by atoms with Gasteiger partial charge in [-0.25, -0.2) is 0 Å². The Bertz CT molecular complexity index is 1140. The fourth-order valence-electron chi connectivity index (χ4n) is 3.88. The van der Waals surface area contributed by atoms with Crippen LogP contribution in [0, 0.1) is 0 Å². The maximum Gasteiger partial charge on any atom is 0.0495 e. The Labute approximate surface area is 156 Å². The Morgan fingerprint density at radius 1 is 0.577 bits per heavy atom. The van der Waals surface area contributed by atoms with Crippen LogP contribution in [0.4, 0.5) is 0 Å². The maximum atomic E-state index is 2.36. The van der Waals surface area contributed by atoms with Gasteiger partial charge in [0.05, 0.1) is 0 Å². The number of hydrogen-bond acceptors (Lipinski definition) is 0. The molecule has 1 heterocycles. The predicted octanol–water partition coefficient (Wildman–Crippen LogP) is 7.08. The number of aromatic nitrogens is 1. The van der Waals surface area contributed by atoms with Crippen molar-refractivity contribution in [3.05, 3.63) is 59.7 Å². The third-order valence-corrected chi connectivity index (χ3v) is 5.70. The van der Waals surface area contributed by atoms with Gasteiger partial charge < -0.3 is 4.57 Å². The molecule has 0 unspecified atom stereocenters. The molecule has 0 saturated carbocycles. The van der Waals surface area contributed by atoms with Crippen LogP contribution in [0.2, 0.25) is 0 Å². The van der Waals surface area contributed by atoms with Crippen LogP contribution in [-0.4, -0.2) is 4.57 Å². The van der Waals surface area contributed by atoms with E-state index in [-0.39, 0.29) is 10.8 Å². The van der Waals surface area contributed by atoms with Gasteiger partial charge in [0.15, 0.2) is 0 Å². The zero-order chi connectivity index (χ0) is 18.9. The lowest BCUT2D eigenvalue weighted by molar-refractivity contribution is 0.590. The highest BCUT2D eigenvalue weighted by molar-refractivity contribution is 6.12. The molecule has 0 spiro atoms. The molecule has 0 aliphatic heterocycles. The lowest BCUT2D eigenvalue weighted by atomic mass is 9.85. The summed E-state index contributed by atoms with van der Waals surface area (Å²) in [6.45, 7) is 13.7.